The van der Waals surface area contributed by atoms with E-state index in [4.69, 9.17) is 9.84 Å². The van der Waals surface area contributed by atoms with Crippen LogP contribution in [-0.4, -0.2) is 44.3 Å². The Morgan fingerprint density at radius 1 is 1.04 bits per heavy atom. The van der Waals surface area contributed by atoms with E-state index in [2.05, 4.69) is 25.9 Å². The minimum absolute atomic E-state index is 0.542. The van der Waals surface area contributed by atoms with Crippen LogP contribution in [0.1, 0.15) is 37.3 Å². The van der Waals surface area contributed by atoms with Gasteiger partial charge in [0.25, 0.3) is 0 Å². The molecule has 7 heteroatoms. The molecule has 134 valence electrons. The van der Waals surface area contributed by atoms with Gasteiger partial charge in [0.2, 0.25) is 5.88 Å². The van der Waals surface area contributed by atoms with Crippen LogP contribution in [0.3, 0.4) is 0 Å². The number of nitrogens with zero attached hydrogens (tertiary/aromatic N) is 6. The third-order valence-corrected chi connectivity index (χ3v) is 5.30. The molecule has 4 heterocycles. The maximum atomic E-state index is 5.77. The van der Waals surface area contributed by atoms with E-state index in [1.807, 2.05) is 16.9 Å². The van der Waals surface area contributed by atoms with Crippen molar-refractivity contribution in [1.82, 2.24) is 24.6 Å². The molecule has 1 saturated heterocycles. The van der Waals surface area contributed by atoms with E-state index in [0.717, 1.165) is 37.3 Å². The van der Waals surface area contributed by atoms with Crippen molar-refractivity contribution >= 4 is 11.3 Å². The average molecular weight is 350 g/mol. The van der Waals surface area contributed by atoms with Crippen molar-refractivity contribution in [1.29, 1.82) is 0 Å². The first-order chi connectivity index (χ1) is 12.9. The molecule has 2 fully saturated rings. The van der Waals surface area contributed by atoms with Crippen molar-refractivity contribution < 1.29 is 4.74 Å². The summed E-state index contributed by atoms with van der Waals surface area (Å²) >= 11 is 0. The largest absolute Gasteiger partial charge is 0.476 e. The standard InChI is InChI=1S/C19H22N6O/c1-2-15(1)16-11-17-19(22-7-10-25(17)23-16)24-8-3-14(4-9-24)13-26-18-12-20-5-6-21-18/h5-7,10-12,14-15H,1-4,8-9,13H2. The quantitative estimate of drug-likeness (QED) is 0.705. The van der Waals surface area contributed by atoms with E-state index in [-0.39, 0.29) is 0 Å². The second-order valence-electron chi connectivity index (χ2n) is 7.21. The van der Waals surface area contributed by atoms with Crippen LogP contribution in [0.5, 0.6) is 5.88 Å². The number of ether oxygens (including phenoxy) is 1. The third kappa shape index (κ3) is 3.09. The van der Waals surface area contributed by atoms with Crippen LogP contribution in [-0.2, 0) is 0 Å². The smallest absolute Gasteiger partial charge is 0.232 e. The van der Waals surface area contributed by atoms with Crippen molar-refractivity contribution in [2.24, 2.45) is 5.92 Å². The van der Waals surface area contributed by atoms with Crippen molar-refractivity contribution in [3.05, 3.63) is 42.7 Å². The molecular weight excluding hydrogens is 328 g/mol. The summed E-state index contributed by atoms with van der Waals surface area (Å²) in [6, 6.07) is 2.23. The van der Waals surface area contributed by atoms with Crippen LogP contribution in [0.4, 0.5) is 5.82 Å². The van der Waals surface area contributed by atoms with Crippen molar-refractivity contribution in [3.63, 3.8) is 0 Å². The molecule has 1 aliphatic carbocycles. The van der Waals surface area contributed by atoms with E-state index in [0.29, 0.717) is 24.3 Å². The molecule has 0 radical (unpaired) electrons. The van der Waals surface area contributed by atoms with Gasteiger partial charge in [-0.15, -0.1) is 0 Å². The monoisotopic (exact) mass is 350 g/mol. The van der Waals surface area contributed by atoms with E-state index in [1.54, 1.807) is 18.6 Å². The minimum Gasteiger partial charge on any atom is -0.476 e. The fourth-order valence-corrected chi connectivity index (χ4v) is 3.62. The molecule has 5 rings (SSSR count). The molecule has 2 aliphatic rings. The van der Waals surface area contributed by atoms with E-state index >= 15 is 0 Å². The summed E-state index contributed by atoms with van der Waals surface area (Å²) in [5.41, 5.74) is 2.34. The Kier molecular flexibility index (Phi) is 3.92. The second-order valence-corrected chi connectivity index (χ2v) is 7.21. The third-order valence-electron chi connectivity index (χ3n) is 5.30. The van der Waals surface area contributed by atoms with Crippen molar-refractivity contribution in [2.75, 3.05) is 24.6 Å². The van der Waals surface area contributed by atoms with Gasteiger partial charge in [0, 0.05) is 43.8 Å². The van der Waals surface area contributed by atoms with Gasteiger partial charge in [-0.05, 0) is 37.7 Å². The fraction of sp³-hybridized carbons (Fsp3) is 0.474. The van der Waals surface area contributed by atoms with E-state index in [9.17, 15) is 0 Å². The Hall–Kier alpha value is -2.70. The van der Waals surface area contributed by atoms with Gasteiger partial charge in [-0.3, -0.25) is 4.98 Å². The zero-order valence-electron chi connectivity index (χ0n) is 14.7. The number of piperidine rings is 1. The van der Waals surface area contributed by atoms with Gasteiger partial charge in [-0.25, -0.2) is 14.5 Å². The summed E-state index contributed by atoms with van der Waals surface area (Å²) in [6.07, 6.45) is 13.5. The lowest BCUT2D eigenvalue weighted by atomic mass is 9.98. The highest BCUT2D eigenvalue weighted by Crippen LogP contribution is 2.40. The normalized spacial score (nSPS) is 18.4. The highest BCUT2D eigenvalue weighted by Gasteiger charge is 2.28. The predicted octanol–water partition coefficient (Wildman–Crippen LogP) is 2.69. The van der Waals surface area contributed by atoms with Gasteiger partial charge in [-0.2, -0.15) is 5.10 Å². The van der Waals surface area contributed by atoms with Gasteiger partial charge in [0.15, 0.2) is 5.82 Å². The molecule has 0 aromatic carbocycles. The maximum Gasteiger partial charge on any atom is 0.232 e. The van der Waals surface area contributed by atoms with Gasteiger partial charge >= 0.3 is 0 Å². The Morgan fingerprint density at radius 2 is 1.92 bits per heavy atom. The first-order valence-corrected chi connectivity index (χ1v) is 9.35. The molecular formula is C19H22N6O. The first kappa shape index (κ1) is 15.5. The SMILES string of the molecule is c1cnc(OCC2CCN(c3nccn4nc(C5CC5)cc34)CC2)cn1. The van der Waals surface area contributed by atoms with Crippen molar-refractivity contribution in [3.8, 4) is 5.88 Å². The average Bonchev–Trinajstić information content (AvgIpc) is 3.46. The summed E-state index contributed by atoms with van der Waals surface area (Å²) in [7, 11) is 0. The van der Waals surface area contributed by atoms with Crippen molar-refractivity contribution in [2.45, 2.75) is 31.6 Å². The van der Waals surface area contributed by atoms with Crippen LogP contribution in [0, 0.1) is 5.92 Å². The number of fused-ring (bicyclic) bond motifs is 1. The van der Waals surface area contributed by atoms with Gasteiger partial charge in [0.1, 0.15) is 5.52 Å². The molecule has 1 aliphatic heterocycles. The molecule has 0 amide bonds. The zero-order valence-corrected chi connectivity index (χ0v) is 14.7. The molecule has 1 saturated carbocycles. The van der Waals surface area contributed by atoms with E-state index in [1.165, 1.54) is 18.5 Å². The Bertz CT molecular complexity index is 883. The lowest BCUT2D eigenvalue weighted by Gasteiger charge is -2.32. The molecule has 26 heavy (non-hydrogen) atoms. The lowest BCUT2D eigenvalue weighted by Crippen LogP contribution is -2.36. The number of hydrogen-bond acceptors (Lipinski definition) is 6. The summed E-state index contributed by atoms with van der Waals surface area (Å²) in [5.74, 6) is 2.86. The molecule has 7 nitrogen and oxygen atoms in total. The Labute approximate surface area is 152 Å². The van der Waals surface area contributed by atoms with Crippen LogP contribution < -0.4 is 9.64 Å². The Morgan fingerprint density at radius 3 is 2.69 bits per heavy atom. The highest BCUT2D eigenvalue weighted by molar-refractivity contribution is 5.69. The van der Waals surface area contributed by atoms with Crippen LogP contribution in [0.25, 0.3) is 5.52 Å². The van der Waals surface area contributed by atoms with Gasteiger partial charge in [-0.1, -0.05) is 0 Å². The van der Waals surface area contributed by atoms with Gasteiger partial charge in [0.05, 0.1) is 18.5 Å². The fourth-order valence-electron chi connectivity index (χ4n) is 3.62. The second kappa shape index (κ2) is 6.55. The Balaban J connectivity index is 1.24. The van der Waals surface area contributed by atoms with Crippen LogP contribution >= 0.6 is 0 Å². The molecule has 0 atom stereocenters. The minimum atomic E-state index is 0.542. The predicted molar refractivity (Wildman–Crippen MR) is 97.4 cm³/mol. The van der Waals surface area contributed by atoms with Crippen LogP contribution in [0.15, 0.2) is 37.1 Å². The zero-order chi connectivity index (χ0) is 17.3. The topological polar surface area (TPSA) is 68.4 Å². The summed E-state index contributed by atoms with van der Waals surface area (Å²) < 4.78 is 7.76. The molecule has 0 unspecified atom stereocenters. The number of hydrogen-bond donors (Lipinski definition) is 0. The number of anilines is 1. The molecule has 0 bridgehead atoms. The van der Waals surface area contributed by atoms with E-state index < -0.39 is 0 Å². The van der Waals surface area contributed by atoms with Gasteiger partial charge < -0.3 is 9.64 Å². The summed E-state index contributed by atoms with van der Waals surface area (Å²) in [6.45, 7) is 2.68. The summed E-state index contributed by atoms with van der Waals surface area (Å²) in [5, 5.41) is 4.73. The lowest BCUT2D eigenvalue weighted by molar-refractivity contribution is 0.215. The summed E-state index contributed by atoms with van der Waals surface area (Å²) in [4.78, 5) is 15.2. The maximum absolute atomic E-state index is 5.77. The molecule has 3 aromatic heterocycles. The molecule has 3 aromatic rings. The highest BCUT2D eigenvalue weighted by atomic mass is 16.5. The first-order valence-electron chi connectivity index (χ1n) is 9.35. The number of aromatic nitrogens is 5. The molecule has 0 spiro atoms. The molecule has 0 N–H and O–H groups in total. The van der Waals surface area contributed by atoms with Crippen LogP contribution in [0.2, 0.25) is 0 Å². The number of rotatable bonds is 5.